The molecule has 5 rings (SSSR count). The number of H-pyrrole nitrogens is 1. The van der Waals surface area contributed by atoms with Gasteiger partial charge in [0.2, 0.25) is 11.8 Å². The number of aromatic nitrogens is 1. The number of carbonyl (C=O) groups excluding carboxylic acids is 2. The van der Waals surface area contributed by atoms with Gasteiger partial charge in [-0.05, 0) is 24.2 Å². The Bertz CT molecular complexity index is 934. The maximum Gasteiger partial charge on any atom is 0.305 e. The van der Waals surface area contributed by atoms with Crippen molar-refractivity contribution in [1.29, 1.82) is 0 Å². The van der Waals surface area contributed by atoms with Crippen molar-refractivity contribution in [2.75, 3.05) is 6.54 Å². The molecule has 7 nitrogen and oxygen atoms in total. The second-order valence-corrected chi connectivity index (χ2v) is 10.8. The van der Waals surface area contributed by atoms with Crippen LogP contribution in [0.25, 0.3) is 0 Å². The van der Waals surface area contributed by atoms with Gasteiger partial charge in [-0.2, -0.15) is 0 Å². The molecular weight excluding hydrogens is 388 g/mol. The zero-order valence-electron chi connectivity index (χ0n) is 14.9. The first-order chi connectivity index (χ1) is 12.7. The highest BCUT2D eigenvalue weighted by molar-refractivity contribution is 8.00. The first-order valence-corrected chi connectivity index (χ1v) is 10.9. The fourth-order valence-electron chi connectivity index (χ4n) is 6.14. The lowest BCUT2D eigenvalue weighted by Gasteiger charge is -2.47. The Morgan fingerprint density at radius 2 is 1.89 bits per heavy atom. The van der Waals surface area contributed by atoms with E-state index < -0.39 is 5.97 Å². The molecule has 144 valence electrons. The number of carboxylic acid groups (broad SMARTS) is 1. The fourth-order valence-corrected chi connectivity index (χ4v) is 9.30. The molecule has 4 aliphatic rings. The van der Waals surface area contributed by atoms with Crippen LogP contribution in [0.3, 0.4) is 0 Å². The number of hydrogen-bond donors (Lipinski definition) is 2. The average molecular weight is 409 g/mol. The van der Waals surface area contributed by atoms with Gasteiger partial charge < -0.3 is 10.1 Å². The second-order valence-electron chi connectivity index (χ2n) is 8.59. The molecule has 1 aromatic heterocycles. The maximum atomic E-state index is 13.0. The number of aromatic amines is 1. The molecule has 2 amide bonds. The van der Waals surface area contributed by atoms with E-state index in [9.17, 15) is 19.2 Å². The van der Waals surface area contributed by atoms with Gasteiger partial charge >= 0.3 is 10.8 Å². The number of amides is 2. The minimum atomic E-state index is -1.01. The number of fused-ring (bicyclic) bond motifs is 9. The van der Waals surface area contributed by atoms with Gasteiger partial charge in [0.05, 0.1) is 23.3 Å². The van der Waals surface area contributed by atoms with Crippen LogP contribution in [0.5, 0.6) is 0 Å². The van der Waals surface area contributed by atoms with Crippen LogP contribution >= 0.6 is 23.1 Å². The number of aliphatic carboxylic acids is 1. The lowest BCUT2D eigenvalue weighted by Crippen LogP contribution is -2.48. The van der Waals surface area contributed by atoms with Crippen LogP contribution in [0.1, 0.15) is 31.6 Å². The summed E-state index contributed by atoms with van der Waals surface area (Å²) in [5, 5.41) is 10.0. The molecule has 2 bridgehead atoms. The molecule has 3 fully saturated rings. The van der Waals surface area contributed by atoms with Crippen LogP contribution < -0.4 is 4.87 Å². The predicted octanol–water partition coefficient (Wildman–Crippen LogP) is 1.53. The molecule has 0 aromatic carbocycles. The predicted molar refractivity (Wildman–Crippen MR) is 98.7 cm³/mol. The Balaban J connectivity index is 1.51. The van der Waals surface area contributed by atoms with E-state index in [2.05, 4.69) is 18.8 Å². The van der Waals surface area contributed by atoms with E-state index in [0.29, 0.717) is 0 Å². The smallest absolute Gasteiger partial charge is 0.305 e. The lowest BCUT2D eigenvalue weighted by atomic mass is 9.64. The monoisotopic (exact) mass is 408 g/mol. The highest BCUT2D eigenvalue weighted by Gasteiger charge is 2.70. The van der Waals surface area contributed by atoms with Crippen molar-refractivity contribution >= 4 is 40.9 Å². The molecule has 9 heteroatoms. The van der Waals surface area contributed by atoms with Gasteiger partial charge in [0.15, 0.2) is 0 Å². The van der Waals surface area contributed by atoms with Crippen molar-refractivity contribution < 1.29 is 19.5 Å². The maximum absolute atomic E-state index is 13.0. The number of hydrogen-bond acceptors (Lipinski definition) is 6. The van der Waals surface area contributed by atoms with Crippen LogP contribution in [0, 0.1) is 29.6 Å². The third-order valence-electron chi connectivity index (χ3n) is 7.03. The molecule has 1 aromatic rings. The number of thiazole rings is 1. The van der Waals surface area contributed by atoms with Crippen molar-refractivity contribution in [1.82, 2.24) is 9.88 Å². The minimum Gasteiger partial charge on any atom is -0.481 e. The van der Waals surface area contributed by atoms with Gasteiger partial charge in [-0.1, -0.05) is 25.2 Å². The highest BCUT2D eigenvalue weighted by Crippen LogP contribution is 2.68. The normalized spacial score (nSPS) is 38.1. The molecule has 3 heterocycles. The largest absolute Gasteiger partial charge is 0.481 e. The molecule has 1 saturated heterocycles. The molecule has 2 saturated carbocycles. The van der Waals surface area contributed by atoms with Crippen LogP contribution in [0.4, 0.5) is 0 Å². The van der Waals surface area contributed by atoms with Crippen LogP contribution in [-0.2, 0) is 19.8 Å². The Labute approximate surface area is 163 Å². The van der Waals surface area contributed by atoms with Crippen molar-refractivity contribution in [3.8, 4) is 0 Å². The summed E-state index contributed by atoms with van der Waals surface area (Å²) >= 11 is 2.92. The van der Waals surface area contributed by atoms with Crippen LogP contribution in [0.2, 0.25) is 0 Å². The summed E-state index contributed by atoms with van der Waals surface area (Å²) < 4.78 is 0. The molecule has 6 atom stereocenters. The molecule has 27 heavy (non-hydrogen) atoms. The molecule has 0 unspecified atom stereocenters. The summed E-state index contributed by atoms with van der Waals surface area (Å²) in [5.41, 5.74) is -0.225. The van der Waals surface area contributed by atoms with E-state index >= 15 is 0 Å². The summed E-state index contributed by atoms with van der Waals surface area (Å²) in [4.78, 5) is 53.8. The summed E-state index contributed by atoms with van der Waals surface area (Å²) in [7, 11) is 0. The molecule has 2 aliphatic carbocycles. The Morgan fingerprint density at radius 3 is 2.56 bits per heavy atom. The van der Waals surface area contributed by atoms with E-state index in [1.165, 1.54) is 16.2 Å². The van der Waals surface area contributed by atoms with Crippen LogP contribution in [-0.4, -0.2) is 44.6 Å². The van der Waals surface area contributed by atoms with E-state index in [0.717, 1.165) is 16.3 Å². The summed E-state index contributed by atoms with van der Waals surface area (Å²) in [6.07, 6.45) is 0.655. The standard InChI is InChI=1S/C18H20N2O5S2/c1-18(2)11-6-5-7(12(11)26-14-13(18)27-17(25)19-14)10-9(6)15(23)20(16(10)24)4-3-8(21)22/h6-7,9-12H,3-5H2,1-2H3,(H,19,25)(H,21,22)/t6-,7-,9+,10+,11+,12+/m0/s1. The van der Waals surface area contributed by atoms with Gasteiger partial charge in [-0.3, -0.25) is 24.1 Å². The van der Waals surface area contributed by atoms with E-state index in [-0.39, 0.29) is 69.9 Å². The van der Waals surface area contributed by atoms with Crippen LogP contribution in [0.15, 0.2) is 9.82 Å². The first-order valence-electron chi connectivity index (χ1n) is 9.19. The number of thioether (sulfide) groups is 1. The van der Waals surface area contributed by atoms with E-state index in [1.54, 1.807) is 11.8 Å². The number of carboxylic acids is 1. The molecule has 2 N–H and O–H groups in total. The molecule has 2 aliphatic heterocycles. The van der Waals surface area contributed by atoms with E-state index in [4.69, 9.17) is 5.11 Å². The topological polar surface area (TPSA) is 108 Å². The van der Waals surface area contributed by atoms with Gasteiger partial charge in [-0.15, -0.1) is 11.8 Å². The van der Waals surface area contributed by atoms with Crippen molar-refractivity contribution in [3.05, 3.63) is 14.5 Å². The number of imide groups is 1. The van der Waals surface area contributed by atoms with Gasteiger partial charge in [-0.25, -0.2) is 0 Å². The number of nitrogens with zero attached hydrogens (tertiary/aromatic N) is 1. The second kappa shape index (κ2) is 5.47. The number of nitrogens with one attached hydrogen (secondary N) is 1. The van der Waals surface area contributed by atoms with Gasteiger partial charge in [0.1, 0.15) is 0 Å². The minimum absolute atomic E-state index is 0.0357. The van der Waals surface area contributed by atoms with Crippen molar-refractivity contribution in [3.63, 3.8) is 0 Å². The Hall–Kier alpha value is -1.61. The van der Waals surface area contributed by atoms with Gasteiger partial charge in [0, 0.05) is 22.1 Å². The number of carbonyl (C=O) groups is 3. The van der Waals surface area contributed by atoms with Crippen molar-refractivity contribution in [2.24, 2.45) is 29.6 Å². The SMILES string of the molecule is CC1(C)c2sc(=O)[nH]c2S[C@@H]2[C@H]3C[C@@H]([C@H]4C(=O)N(CCC(=O)O)C(=O)[C@H]34)[C@H]21. The third kappa shape index (κ3) is 2.15. The third-order valence-corrected chi connectivity index (χ3v) is 9.84. The fraction of sp³-hybridized carbons (Fsp3) is 0.667. The average Bonchev–Trinajstić information content (AvgIpc) is 3.28. The zero-order chi connectivity index (χ0) is 19.2. The lowest BCUT2D eigenvalue weighted by molar-refractivity contribution is -0.142. The Morgan fingerprint density at radius 1 is 1.22 bits per heavy atom. The number of rotatable bonds is 3. The number of likely N-dealkylation sites (tertiary alicyclic amines) is 1. The van der Waals surface area contributed by atoms with Crippen molar-refractivity contribution in [2.45, 2.75) is 42.4 Å². The van der Waals surface area contributed by atoms with E-state index in [1.807, 2.05) is 0 Å². The Kier molecular flexibility index (Phi) is 3.54. The molecule has 0 spiro atoms. The van der Waals surface area contributed by atoms with Gasteiger partial charge in [0.25, 0.3) is 0 Å². The summed E-state index contributed by atoms with van der Waals surface area (Å²) in [5.74, 6) is -1.58. The zero-order valence-corrected chi connectivity index (χ0v) is 16.6. The summed E-state index contributed by atoms with van der Waals surface area (Å²) in [6, 6.07) is 0. The highest BCUT2D eigenvalue weighted by atomic mass is 32.2. The molecular formula is C18H20N2O5S2. The quantitative estimate of drug-likeness (QED) is 0.735. The first kappa shape index (κ1) is 17.5. The summed E-state index contributed by atoms with van der Waals surface area (Å²) in [6.45, 7) is 4.25. The molecule has 0 radical (unpaired) electrons.